The van der Waals surface area contributed by atoms with Gasteiger partial charge in [0.2, 0.25) is 0 Å². The summed E-state index contributed by atoms with van der Waals surface area (Å²) in [5.41, 5.74) is 8.22. The van der Waals surface area contributed by atoms with Gasteiger partial charge in [-0.1, -0.05) is 30.3 Å². The molecule has 3 rings (SSSR count). The fourth-order valence-corrected chi connectivity index (χ4v) is 2.89. The number of benzene rings is 2. The van der Waals surface area contributed by atoms with Crippen LogP contribution in [0.4, 0.5) is 0 Å². The number of hydrogen-bond donors (Lipinski definition) is 3. The van der Waals surface area contributed by atoms with Gasteiger partial charge in [-0.2, -0.15) is 0 Å². The zero-order valence-electron chi connectivity index (χ0n) is 16.4. The number of pyridine rings is 1. The molecule has 1 amide bonds. The van der Waals surface area contributed by atoms with Gasteiger partial charge < -0.3 is 21.1 Å². The van der Waals surface area contributed by atoms with Gasteiger partial charge in [0.05, 0.1) is 12.1 Å². The number of ether oxygens (including phenoxy) is 1. The maximum Gasteiger partial charge on any atom is 0.255 e. The summed E-state index contributed by atoms with van der Waals surface area (Å²) in [6.45, 7) is 3.75. The van der Waals surface area contributed by atoms with Crippen molar-refractivity contribution in [3.63, 3.8) is 0 Å². The fourth-order valence-electron chi connectivity index (χ4n) is 2.89. The van der Waals surface area contributed by atoms with Gasteiger partial charge in [0.15, 0.2) is 12.6 Å². The zero-order chi connectivity index (χ0) is 20.5. The number of aromatic nitrogens is 1. The Labute approximate surface area is 170 Å². The first-order valence-corrected chi connectivity index (χ1v) is 9.50. The van der Waals surface area contributed by atoms with Crippen molar-refractivity contribution in [3.8, 4) is 5.75 Å². The molecule has 1 aromatic heterocycles. The summed E-state index contributed by atoms with van der Waals surface area (Å²) >= 11 is 0. The van der Waals surface area contributed by atoms with Crippen LogP contribution in [0.2, 0.25) is 0 Å². The van der Waals surface area contributed by atoms with Crippen LogP contribution in [-0.4, -0.2) is 30.0 Å². The molecule has 150 valence electrons. The molecule has 0 aliphatic rings. The van der Waals surface area contributed by atoms with E-state index < -0.39 is 5.91 Å². The number of guanidine groups is 1. The van der Waals surface area contributed by atoms with Gasteiger partial charge in [-0.05, 0) is 42.3 Å². The quantitative estimate of drug-likeness (QED) is 0.404. The Balaban J connectivity index is 1.67. The molecule has 4 N–H and O–H groups in total. The molecule has 29 heavy (non-hydrogen) atoms. The standard InChI is InChI=1S/C22H25N5O2/c1-2-24-22(26-13-16-6-5-7-18(12-16)29-15-21(23)28)27-14-17-10-11-25-20-9-4-3-8-19(17)20/h3-12H,2,13-15H2,1H3,(H2,23,28)(H2,24,26,27). The van der Waals surface area contributed by atoms with Crippen LogP contribution in [0.1, 0.15) is 18.1 Å². The number of nitrogens with two attached hydrogens (primary N) is 1. The third-order valence-corrected chi connectivity index (χ3v) is 4.23. The maximum absolute atomic E-state index is 10.9. The Morgan fingerprint density at radius 1 is 1.14 bits per heavy atom. The first kappa shape index (κ1) is 20.1. The summed E-state index contributed by atoms with van der Waals surface area (Å²) < 4.78 is 5.35. The van der Waals surface area contributed by atoms with Gasteiger partial charge in [-0.15, -0.1) is 0 Å². The van der Waals surface area contributed by atoms with Crippen LogP contribution in [0.5, 0.6) is 5.75 Å². The van der Waals surface area contributed by atoms with E-state index in [9.17, 15) is 4.79 Å². The van der Waals surface area contributed by atoms with Crippen molar-refractivity contribution in [1.82, 2.24) is 15.6 Å². The van der Waals surface area contributed by atoms with Crippen LogP contribution < -0.4 is 21.1 Å². The zero-order valence-corrected chi connectivity index (χ0v) is 16.4. The maximum atomic E-state index is 10.9. The van der Waals surface area contributed by atoms with Crippen LogP contribution in [-0.2, 0) is 17.9 Å². The van der Waals surface area contributed by atoms with Gasteiger partial charge in [0, 0.05) is 24.7 Å². The number of hydrogen-bond acceptors (Lipinski definition) is 4. The Morgan fingerprint density at radius 2 is 2.00 bits per heavy atom. The number of primary amides is 1. The van der Waals surface area contributed by atoms with Crippen molar-refractivity contribution >= 4 is 22.8 Å². The van der Waals surface area contributed by atoms with Gasteiger partial charge in [0.1, 0.15) is 5.75 Å². The number of carbonyl (C=O) groups excluding carboxylic acids is 1. The molecule has 7 heteroatoms. The molecule has 0 aliphatic heterocycles. The molecule has 3 aromatic rings. The average Bonchev–Trinajstić information content (AvgIpc) is 2.74. The topological polar surface area (TPSA) is 102 Å². The number of rotatable bonds is 8. The molecule has 7 nitrogen and oxygen atoms in total. The van der Waals surface area contributed by atoms with E-state index in [0.717, 1.165) is 34.5 Å². The van der Waals surface area contributed by atoms with E-state index in [1.54, 1.807) is 6.07 Å². The molecule has 0 aliphatic carbocycles. The summed E-state index contributed by atoms with van der Waals surface area (Å²) in [5, 5.41) is 7.75. The molecule has 2 aromatic carbocycles. The van der Waals surface area contributed by atoms with Gasteiger partial charge in [0.25, 0.3) is 5.91 Å². The largest absolute Gasteiger partial charge is 0.484 e. The monoisotopic (exact) mass is 391 g/mol. The van der Waals surface area contributed by atoms with Gasteiger partial charge >= 0.3 is 0 Å². The summed E-state index contributed by atoms with van der Waals surface area (Å²) in [6.07, 6.45) is 1.82. The molecule has 0 saturated heterocycles. The number of nitrogens with zero attached hydrogens (tertiary/aromatic N) is 2. The van der Waals surface area contributed by atoms with Crippen LogP contribution in [0.25, 0.3) is 10.9 Å². The Kier molecular flexibility index (Phi) is 7.00. The van der Waals surface area contributed by atoms with Crippen LogP contribution in [0.3, 0.4) is 0 Å². The smallest absolute Gasteiger partial charge is 0.255 e. The van der Waals surface area contributed by atoms with Crippen molar-refractivity contribution in [2.75, 3.05) is 13.2 Å². The van der Waals surface area contributed by atoms with Crippen LogP contribution in [0.15, 0.2) is 65.8 Å². The Morgan fingerprint density at radius 3 is 2.83 bits per heavy atom. The normalized spacial score (nSPS) is 11.3. The highest BCUT2D eigenvalue weighted by Gasteiger charge is 2.04. The molecule has 0 saturated carbocycles. The van der Waals surface area contributed by atoms with Crippen molar-refractivity contribution in [3.05, 3.63) is 71.9 Å². The van der Waals surface area contributed by atoms with E-state index in [0.29, 0.717) is 18.8 Å². The second-order valence-corrected chi connectivity index (χ2v) is 6.44. The molecule has 0 fully saturated rings. The van der Waals surface area contributed by atoms with Gasteiger partial charge in [-0.3, -0.25) is 9.78 Å². The molecule has 1 heterocycles. The van der Waals surface area contributed by atoms with Crippen LogP contribution in [0, 0.1) is 0 Å². The summed E-state index contributed by atoms with van der Waals surface area (Å²) in [6, 6.07) is 17.6. The highest BCUT2D eigenvalue weighted by Crippen LogP contribution is 2.16. The van der Waals surface area contributed by atoms with E-state index in [4.69, 9.17) is 10.5 Å². The SMILES string of the molecule is CCNC(=NCc1cccc(OCC(N)=O)c1)NCc1ccnc2ccccc12. The van der Waals surface area contributed by atoms with Gasteiger partial charge in [-0.25, -0.2) is 4.99 Å². The van der Waals surface area contributed by atoms with E-state index in [-0.39, 0.29) is 6.61 Å². The van der Waals surface area contributed by atoms with Crippen LogP contribution >= 0.6 is 0 Å². The lowest BCUT2D eigenvalue weighted by atomic mass is 10.1. The van der Waals surface area contributed by atoms with Crippen molar-refractivity contribution in [2.45, 2.75) is 20.0 Å². The Hall–Kier alpha value is -3.61. The predicted molar refractivity (Wildman–Crippen MR) is 115 cm³/mol. The molecule has 0 radical (unpaired) electrons. The summed E-state index contributed by atoms with van der Waals surface area (Å²) in [5.74, 6) is 0.810. The minimum atomic E-state index is -0.504. The van der Waals surface area contributed by atoms with Crippen molar-refractivity contribution < 1.29 is 9.53 Å². The molecule has 0 bridgehead atoms. The number of para-hydroxylation sites is 1. The fraction of sp³-hybridized carbons (Fsp3) is 0.227. The third kappa shape index (κ3) is 5.93. The minimum Gasteiger partial charge on any atom is -0.484 e. The predicted octanol–water partition coefficient (Wildman–Crippen LogP) is 2.35. The van der Waals surface area contributed by atoms with E-state index >= 15 is 0 Å². The average molecular weight is 391 g/mol. The van der Waals surface area contributed by atoms with Crippen molar-refractivity contribution in [2.24, 2.45) is 10.7 Å². The molecule has 0 atom stereocenters. The highest BCUT2D eigenvalue weighted by molar-refractivity contribution is 5.83. The number of aliphatic imine (C=N–C) groups is 1. The lowest BCUT2D eigenvalue weighted by Gasteiger charge is -2.13. The molecular weight excluding hydrogens is 366 g/mol. The third-order valence-electron chi connectivity index (χ3n) is 4.23. The first-order valence-electron chi connectivity index (χ1n) is 9.50. The number of nitrogens with one attached hydrogen (secondary N) is 2. The van der Waals surface area contributed by atoms with E-state index in [1.165, 1.54) is 0 Å². The Bertz CT molecular complexity index is 998. The minimum absolute atomic E-state index is 0.142. The number of amides is 1. The lowest BCUT2D eigenvalue weighted by Crippen LogP contribution is -2.36. The van der Waals surface area contributed by atoms with Crippen molar-refractivity contribution in [1.29, 1.82) is 0 Å². The highest BCUT2D eigenvalue weighted by atomic mass is 16.5. The molecule has 0 unspecified atom stereocenters. The first-order chi connectivity index (χ1) is 14.2. The van der Waals surface area contributed by atoms with E-state index in [2.05, 4.69) is 26.7 Å². The number of carbonyl (C=O) groups is 1. The number of fused-ring (bicyclic) bond motifs is 1. The molecular formula is C22H25N5O2. The lowest BCUT2D eigenvalue weighted by molar-refractivity contribution is -0.119. The summed E-state index contributed by atoms with van der Waals surface area (Å²) in [4.78, 5) is 19.9. The summed E-state index contributed by atoms with van der Waals surface area (Å²) in [7, 11) is 0. The molecule has 0 spiro atoms. The second-order valence-electron chi connectivity index (χ2n) is 6.44. The second kappa shape index (κ2) is 10.1. The van der Waals surface area contributed by atoms with E-state index in [1.807, 2.05) is 55.6 Å².